The summed E-state index contributed by atoms with van der Waals surface area (Å²) in [7, 11) is 0. The highest BCUT2D eigenvalue weighted by molar-refractivity contribution is 6.12. The van der Waals surface area contributed by atoms with Crippen LogP contribution in [0.5, 0.6) is 0 Å². The Hall–Kier alpha value is -1.98. The zero-order valence-corrected chi connectivity index (χ0v) is 9.19. The van der Waals surface area contributed by atoms with Gasteiger partial charge in [0.15, 0.2) is 0 Å². The molecule has 0 saturated carbocycles. The smallest absolute Gasteiger partial charge is 0.331 e. The molecule has 0 fully saturated rings. The first-order chi connectivity index (χ1) is 7.66. The van der Waals surface area contributed by atoms with Crippen LogP contribution in [0.25, 0.3) is 0 Å². The average molecular weight is 224 g/mol. The summed E-state index contributed by atoms with van der Waals surface area (Å²) in [6.07, 6.45) is 3.29. The Bertz CT molecular complexity index is 348. The quantitative estimate of drug-likeness (QED) is 0.410. The fourth-order valence-electron chi connectivity index (χ4n) is 1.18. The molecule has 0 spiro atoms. The minimum Gasteiger partial charge on any atom is -0.448 e. The van der Waals surface area contributed by atoms with E-state index in [1.807, 2.05) is 6.92 Å². The van der Waals surface area contributed by atoms with Crippen molar-refractivity contribution in [2.75, 3.05) is 11.4 Å². The van der Waals surface area contributed by atoms with Gasteiger partial charge in [-0.05, 0) is 12.5 Å². The number of amides is 2. The van der Waals surface area contributed by atoms with E-state index in [-0.39, 0.29) is 11.8 Å². The van der Waals surface area contributed by atoms with Gasteiger partial charge in [0.05, 0.1) is 6.26 Å². The summed E-state index contributed by atoms with van der Waals surface area (Å²) in [5, 5.41) is 9.98. The van der Waals surface area contributed by atoms with Gasteiger partial charge >= 0.3 is 6.03 Å². The van der Waals surface area contributed by atoms with Crippen molar-refractivity contribution < 1.29 is 9.21 Å². The fourth-order valence-corrected chi connectivity index (χ4v) is 1.18. The van der Waals surface area contributed by atoms with Gasteiger partial charge in [-0.2, -0.15) is 0 Å². The molecule has 16 heavy (non-hydrogen) atoms. The molecule has 0 aliphatic rings. The van der Waals surface area contributed by atoms with Gasteiger partial charge in [0.25, 0.3) is 0 Å². The molecule has 6 nitrogen and oxygen atoms in total. The Morgan fingerprint density at radius 2 is 2.44 bits per heavy atom. The maximum Gasteiger partial charge on any atom is 0.331 e. The summed E-state index contributed by atoms with van der Waals surface area (Å²) in [5.74, 6) is -0.134. The number of urea groups is 1. The van der Waals surface area contributed by atoms with E-state index in [1.165, 1.54) is 6.26 Å². The van der Waals surface area contributed by atoms with Crippen LogP contribution in [0.3, 0.4) is 0 Å². The second-order valence-electron chi connectivity index (χ2n) is 3.26. The molecule has 1 rings (SSSR count). The molecular formula is C10H16N4O2. The third-order valence-electron chi connectivity index (χ3n) is 1.98. The zero-order valence-electron chi connectivity index (χ0n) is 9.19. The van der Waals surface area contributed by atoms with Gasteiger partial charge < -0.3 is 15.5 Å². The van der Waals surface area contributed by atoms with E-state index >= 15 is 0 Å². The number of guanidine groups is 1. The van der Waals surface area contributed by atoms with Crippen LogP contribution in [0.2, 0.25) is 0 Å². The number of nitrogens with zero attached hydrogens (tertiary/aromatic N) is 1. The van der Waals surface area contributed by atoms with Crippen LogP contribution >= 0.6 is 0 Å². The number of nitrogens with one attached hydrogen (secondary N) is 2. The standard InChI is InChI=1S/C10H16N4O2/c1-2-3-6-13-10(15)14(9(11)12)8-5-4-7-16-8/h4-5,7H,2-3,6H2,1H3,(H3,11,12)(H,13,15). The van der Waals surface area contributed by atoms with Crippen molar-refractivity contribution in [2.24, 2.45) is 5.73 Å². The number of hydrogen-bond acceptors (Lipinski definition) is 3. The van der Waals surface area contributed by atoms with E-state index in [2.05, 4.69) is 5.32 Å². The van der Waals surface area contributed by atoms with E-state index in [0.717, 1.165) is 17.7 Å². The number of nitrogens with two attached hydrogens (primary N) is 1. The second-order valence-corrected chi connectivity index (χ2v) is 3.26. The van der Waals surface area contributed by atoms with Crippen LogP contribution in [0.1, 0.15) is 19.8 Å². The number of unbranched alkanes of at least 4 members (excludes halogenated alkanes) is 1. The van der Waals surface area contributed by atoms with Crippen LogP contribution in [-0.4, -0.2) is 18.5 Å². The molecule has 1 heterocycles. The molecular weight excluding hydrogens is 208 g/mol. The molecule has 0 unspecified atom stereocenters. The highest BCUT2D eigenvalue weighted by atomic mass is 16.3. The molecule has 0 aliphatic carbocycles. The Morgan fingerprint density at radius 3 is 2.94 bits per heavy atom. The maximum atomic E-state index is 11.7. The van der Waals surface area contributed by atoms with Crippen LogP contribution in [0.4, 0.5) is 10.7 Å². The molecule has 0 bridgehead atoms. The summed E-state index contributed by atoms with van der Waals surface area (Å²) in [6, 6.07) is 2.75. The summed E-state index contributed by atoms with van der Waals surface area (Å²) in [5.41, 5.74) is 5.32. The van der Waals surface area contributed by atoms with Gasteiger partial charge in [-0.15, -0.1) is 0 Å². The first kappa shape index (κ1) is 12.1. The van der Waals surface area contributed by atoms with Crippen LogP contribution < -0.4 is 16.0 Å². The van der Waals surface area contributed by atoms with Crippen molar-refractivity contribution in [2.45, 2.75) is 19.8 Å². The monoisotopic (exact) mass is 224 g/mol. The Labute approximate surface area is 93.9 Å². The third-order valence-corrected chi connectivity index (χ3v) is 1.98. The zero-order chi connectivity index (χ0) is 12.0. The van der Waals surface area contributed by atoms with Crippen molar-refractivity contribution in [1.82, 2.24) is 5.32 Å². The largest absolute Gasteiger partial charge is 0.448 e. The summed E-state index contributed by atoms with van der Waals surface area (Å²) >= 11 is 0. The molecule has 0 aromatic carbocycles. The first-order valence-electron chi connectivity index (χ1n) is 5.12. The lowest BCUT2D eigenvalue weighted by atomic mass is 10.3. The first-order valence-corrected chi connectivity index (χ1v) is 5.12. The van der Waals surface area contributed by atoms with Crippen molar-refractivity contribution >= 4 is 17.9 Å². The minimum absolute atomic E-state index is 0.237. The molecule has 88 valence electrons. The topological polar surface area (TPSA) is 95.4 Å². The SMILES string of the molecule is CCCCNC(=O)N(C(=N)N)c1ccco1. The highest BCUT2D eigenvalue weighted by Gasteiger charge is 2.20. The predicted molar refractivity (Wildman–Crippen MR) is 61.4 cm³/mol. The van der Waals surface area contributed by atoms with Crippen molar-refractivity contribution in [1.29, 1.82) is 5.41 Å². The van der Waals surface area contributed by atoms with Gasteiger partial charge in [0.1, 0.15) is 0 Å². The van der Waals surface area contributed by atoms with Crippen LogP contribution in [0, 0.1) is 5.41 Å². The Balaban J connectivity index is 2.64. The van der Waals surface area contributed by atoms with Gasteiger partial charge in [-0.1, -0.05) is 13.3 Å². The van der Waals surface area contributed by atoms with Crippen molar-refractivity contribution in [3.63, 3.8) is 0 Å². The molecule has 4 N–H and O–H groups in total. The average Bonchev–Trinajstić information content (AvgIpc) is 2.71. The molecule has 0 aliphatic heterocycles. The number of anilines is 1. The second kappa shape index (κ2) is 5.79. The van der Waals surface area contributed by atoms with Gasteiger partial charge in [-0.3, -0.25) is 5.41 Å². The Kier molecular flexibility index (Phi) is 4.38. The molecule has 0 saturated heterocycles. The summed E-state index contributed by atoms with van der Waals surface area (Å²) < 4.78 is 5.03. The lowest BCUT2D eigenvalue weighted by Crippen LogP contribution is -2.47. The summed E-state index contributed by atoms with van der Waals surface area (Å²) in [6.45, 7) is 2.58. The molecule has 1 aromatic rings. The number of rotatable bonds is 4. The number of furan rings is 1. The minimum atomic E-state index is -0.448. The highest BCUT2D eigenvalue weighted by Crippen LogP contribution is 2.13. The van der Waals surface area contributed by atoms with Crippen LogP contribution in [0.15, 0.2) is 22.8 Å². The van der Waals surface area contributed by atoms with Gasteiger partial charge in [-0.25, -0.2) is 9.69 Å². The van der Waals surface area contributed by atoms with Crippen molar-refractivity contribution in [3.05, 3.63) is 18.4 Å². The lowest BCUT2D eigenvalue weighted by Gasteiger charge is -2.17. The van der Waals surface area contributed by atoms with E-state index in [1.54, 1.807) is 12.1 Å². The number of hydrogen-bond donors (Lipinski definition) is 3. The molecule has 1 aromatic heterocycles. The number of carbonyl (C=O) groups excluding carboxylic acids is 1. The lowest BCUT2D eigenvalue weighted by molar-refractivity contribution is 0.248. The number of carbonyl (C=O) groups is 1. The van der Waals surface area contributed by atoms with E-state index in [0.29, 0.717) is 6.54 Å². The van der Waals surface area contributed by atoms with Gasteiger partial charge in [0, 0.05) is 12.6 Å². The van der Waals surface area contributed by atoms with E-state index in [9.17, 15) is 4.79 Å². The molecule has 6 heteroatoms. The molecule has 0 radical (unpaired) electrons. The third kappa shape index (κ3) is 3.01. The normalized spacial score (nSPS) is 9.81. The van der Waals surface area contributed by atoms with E-state index < -0.39 is 6.03 Å². The molecule has 0 atom stereocenters. The van der Waals surface area contributed by atoms with Crippen LogP contribution in [-0.2, 0) is 0 Å². The van der Waals surface area contributed by atoms with E-state index in [4.69, 9.17) is 15.6 Å². The summed E-state index contributed by atoms with van der Waals surface area (Å²) in [4.78, 5) is 12.7. The fraction of sp³-hybridized carbons (Fsp3) is 0.400. The Morgan fingerprint density at radius 1 is 1.69 bits per heavy atom. The predicted octanol–water partition coefficient (Wildman–Crippen LogP) is 1.49. The molecule has 2 amide bonds. The van der Waals surface area contributed by atoms with Gasteiger partial charge in [0.2, 0.25) is 11.8 Å². The van der Waals surface area contributed by atoms with Crippen molar-refractivity contribution in [3.8, 4) is 0 Å². The maximum absolute atomic E-state index is 11.7.